The highest BCUT2D eigenvalue weighted by Crippen LogP contribution is 2.17. The van der Waals surface area contributed by atoms with Gasteiger partial charge >= 0.3 is 0 Å². The third kappa shape index (κ3) is 5.74. The molecule has 6 heteroatoms. The number of aryl methyl sites for hydroxylation is 1. The lowest BCUT2D eigenvalue weighted by atomic mass is 10.1. The monoisotopic (exact) mass is 384 g/mol. The average Bonchev–Trinajstić information content (AvgIpc) is 2.75. The van der Waals surface area contributed by atoms with Crippen LogP contribution in [0, 0.1) is 0 Å². The molecule has 1 atom stereocenters. The van der Waals surface area contributed by atoms with Gasteiger partial charge < -0.3 is 19.7 Å². The zero-order chi connectivity index (χ0) is 20.5. The van der Waals surface area contributed by atoms with Crippen LogP contribution in [0.5, 0.6) is 11.5 Å². The van der Waals surface area contributed by atoms with Gasteiger partial charge in [-0.25, -0.2) is 0 Å². The standard InChI is InChI=1S/C22H28N2O4/c1-5-17-9-11-19(12-10-17)28-15-21(25)24(16(2)22(26)23-3)14-18-7-6-8-20(13-18)27-4/h6-13,16H,5,14-15H2,1-4H3,(H,23,26)/t16-/m1/s1. The van der Waals surface area contributed by atoms with Gasteiger partial charge in [0.15, 0.2) is 6.61 Å². The van der Waals surface area contributed by atoms with Crippen LogP contribution < -0.4 is 14.8 Å². The van der Waals surface area contributed by atoms with Gasteiger partial charge in [0.1, 0.15) is 17.5 Å². The van der Waals surface area contributed by atoms with Crippen LogP contribution in [0.3, 0.4) is 0 Å². The van der Waals surface area contributed by atoms with Crippen molar-refractivity contribution in [3.8, 4) is 11.5 Å². The minimum atomic E-state index is -0.630. The highest BCUT2D eigenvalue weighted by Gasteiger charge is 2.26. The summed E-state index contributed by atoms with van der Waals surface area (Å²) in [6.07, 6.45) is 0.942. The number of hydrogen-bond donors (Lipinski definition) is 1. The molecule has 2 aromatic rings. The lowest BCUT2D eigenvalue weighted by Crippen LogP contribution is -2.48. The first-order valence-electron chi connectivity index (χ1n) is 9.34. The molecule has 150 valence electrons. The lowest BCUT2D eigenvalue weighted by molar-refractivity contribution is -0.142. The molecule has 1 N–H and O–H groups in total. The number of benzene rings is 2. The average molecular weight is 384 g/mol. The summed E-state index contributed by atoms with van der Waals surface area (Å²) < 4.78 is 10.9. The van der Waals surface area contributed by atoms with Crippen molar-refractivity contribution in [3.05, 3.63) is 59.7 Å². The summed E-state index contributed by atoms with van der Waals surface area (Å²) in [5.41, 5.74) is 2.07. The number of nitrogens with one attached hydrogen (secondary N) is 1. The summed E-state index contributed by atoms with van der Waals surface area (Å²) in [7, 11) is 3.14. The fourth-order valence-corrected chi connectivity index (χ4v) is 2.81. The second kappa shape index (κ2) is 10.3. The Labute approximate surface area is 166 Å². The van der Waals surface area contributed by atoms with Crippen LogP contribution in [0.4, 0.5) is 0 Å². The zero-order valence-corrected chi connectivity index (χ0v) is 16.9. The number of carbonyl (C=O) groups excluding carboxylic acids is 2. The van der Waals surface area contributed by atoms with Crippen molar-refractivity contribution < 1.29 is 19.1 Å². The summed E-state index contributed by atoms with van der Waals surface area (Å²) >= 11 is 0. The molecule has 0 spiro atoms. The molecular formula is C22H28N2O4. The predicted molar refractivity (Wildman–Crippen MR) is 108 cm³/mol. The third-order valence-corrected chi connectivity index (χ3v) is 4.59. The second-order valence-corrected chi connectivity index (χ2v) is 6.45. The maximum absolute atomic E-state index is 12.9. The molecule has 0 aliphatic heterocycles. The van der Waals surface area contributed by atoms with E-state index in [0.717, 1.165) is 12.0 Å². The number of rotatable bonds is 9. The van der Waals surface area contributed by atoms with Gasteiger partial charge in [-0.1, -0.05) is 31.2 Å². The molecule has 0 saturated carbocycles. The Kier molecular flexibility index (Phi) is 7.87. The number of methoxy groups -OCH3 is 1. The van der Waals surface area contributed by atoms with Gasteiger partial charge in [0.2, 0.25) is 5.91 Å². The number of likely N-dealkylation sites (N-methyl/N-ethyl adjacent to an activating group) is 1. The quantitative estimate of drug-likeness (QED) is 0.722. The van der Waals surface area contributed by atoms with E-state index in [1.165, 1.54) is 10.5 Å². The molecule has 0 unspecified atom stereocenters. The van der Waals surface area contributed by atoms with Crippen LogP contribution in [0.15, 0.2) is 48.5 Å². The predicted octanol–water partition coefficient (Wildman–Crippen LogP) is 2.80. The topological polar surface area (TPSA) is 67.9 Å². The Morgan fingerprint density at radius 2 is 1.79 bits per heavy atom. The van der Waals surface area contributed by atoms with E-state index in [1.54, 1.807) is 21.1 Å². The Balaban J connectivity index is 2.12. The molecule has 2 amide bonds. The number of hydrogen-bond acceptors (Lipinski definition) is 4. The van der Waals surface area contributed by atoms with Crippen molar-refractivity contribution in [1.82, 2.24) is 10.2 Å². The zero-order valence-electron chi connectivity index (χ0n) is 16.9. The molecule has 0 aromatic heterocycles. The fraction of sp³-hybridized carbons (Fsp3) is 0.364. The molecular weight excluding hydrogens is 356 g/mol. The van der Waals surface area contributed by atoms with Gasteiger partial charge in [0.25, 0.3) is 5.91 Å². The molecule has 0 aliphatic rings. The number of nitrogens with zero attached hydrogens (tertiary/aromatic N) is 1. The fourth-order valence-electron chi connectivity index (χ4n) is 2.81. The van der Waals surface area contributed by atoms with Gasteiger partial charge in [0.05, 0.1) is 7.11 Å². The largest absolute Gasteiger partial charge is 0.497 e. The molecule has 28 heavy (non-hydrogen) atoms. The molecule has 0 saturated heterocycles. The third-order valence-electron chi connectivity index (χ3n) is 4.59. The summed E-state index contributed by atoms with van der Waals surface area (Å²) in [6, 6.07) is 14.4. The summed E-state index contributed by atoms with van der Waals surface area (Å²) in [5.74, 6) is 0.825. The van der Waals surface area contributed by atoms with E-state index in [-0.39, 0.29) is 25.0 Å². The van der Waals surface area contributed by atoms with Crippen LogP contribution in [-0.4, -0.2) is 43.5 Å². The van der Waals surface area contributed by atoms with Crippen molar-refractivity contribution in [3.63, 3.8) is 0 Å². The van der Waals surface area contributed by atoms with Crippen LogP contribution >= 0.6 is 0 Å². The minimum absolute atomic E-state index is 0.142. The smallest absolute Gasteiger partial charge is 0.261 e. The van der Waals surface area contributed by atoms with E-state index in [9.17, 15) is 9.59 Å². The highest BCUT2D eigenvalue weighted by molar-refractivity contribution is 5.87. The Morgan fingerprint density at radius 3 is 2.39 bits per heavy atom. The van der Waals surface area contributed by atoms with Crippen molar-refractivity contribution in [2.45, 2.75) is 32.9 Å². The maximum Gasteiger partial charge on any atom is 0.261 e. The second-order valence-electron chi connectivity index (χ2n) is 6.45. The van der Waals surface area contributed by atoms with Crippen molar-refractivity contribution >= 4 is 11.8 Å². The van der Waals surface area contributed by atoms with Crippen LogP contribution in [0.1, 0.15) is 25.0 Å². The summed E-state index contributed by atoms with van der Waals surface area (Å²) in [6.45, 7) is 3.92. The lowest BCUT2D eigenvalue weighted by Gasteiger charge is -2.28. The van der Waals surface area contributed by atoms with Crippen LogP contribution in [0.25, 0.3) is 0 Å². The van der Waals surface area contributed by atoms with Crippen molar-refractivity contribution in [1.29, 1.82) is 0 Å². The Bertz CT molecular complexity index is 789. The van der Waals surface area contributed by atoms with Crippen LogP contribution in [-0.2, 0) is 22.6 Å². The number of carbonyl (C=O) groups is 2. The molecule has 0 bridgehead atoms. The molecule has 6 nitrogen and oxygen atoms in total. The van der Waals surface area contributed by atoms with Gasteiger partial charge in [-0.15, -0.1) is 0 Å². The number of ether oxygens (including phenoxy) is 2. The molecule has 2 aromatic carbocycles. The van der Waals surface area contributed by atoms with E-state index in [0.29, 0.717) is 11.5 Å². The summed E-state index contributed by atoms with van der Waals surface area (Å²) in [5, 5.41) is 2.60. The normalized spacial score (nSPS) is 11.4. The van der Waals surface area contributed by atoms with Gasteiger partial charge in [-0.2, -0.15) is 0 Å². The summed E-state index contributed by atoms with van der Waals surface area (Å²) in [4.78, 5) is 26.5. The molecule has 0 radical (unpaired) electrons. The van der Waals surface area contributed by atoms with Gasteiger partial charge in [-0.05, 0) is 48.7 Å². The number of amides is 2. The van der Waals surface area contributed by atoms with Crippen LogP contribution in [0.2, 0.25) is 0 Å². The molecule has 0 fully saturated rings. The Morgan fingerprint density at radius 1 is 1.07 bits per heavy atom. The first-order valence-corrected chi connectivity index (χ1v) is 9.34. The van der Waals surface area contributed by atoms with E-state index in [2.05, 4.69) is 12.2 Å². The molecule has 0 aliphatic carbocycles. The maximum atomic E-state index is 12.9. The van der Waals surface area contributed by atoms with Gasteiger partial charge in [0, 0.05) is 13.6 Å². The molecule has 2 rings (SSSR count). The van der Waals surface area contributed by atoms with E-state index < -0.39 is 6.04 Å². The first kappa shape index (κ1) is 21.3. The minimum Gasteiger partial charge on any atom is -0.497 e. The SMILES string of the molecule is CCc1ccc(OCC(=O)N(Cc2cccc(OC)c2)[C@H](C)C(=O)NC)cc1. The van der Waals surface area contributed by atoms with Crippen molar-refractivity contribution in [2.24, 2.45) is 0 Å². The molecule has 0 heterocycles. The van der Waals surface area contributed by atoms with E-state index in [4.69, 9.17) is 9.47 Å². The highest BCUT2D eigenvalue weighted by atomic mass is 16.5. The first-order chi connectivity index (χ1) is 13.5. The van der Waals surface area contributed by atoms with Crippen molar-refractivity contribution in [2.75, 3.05) is 20.8 Å². The Hall–Kier alpha value is -3.02. The van der Waals surface area contributed by atoms with E-state index >= 15 is 0 Å². The van der Waals surface area contributed by atoms with E-state index in [1.807, 2.05) is 48.5 Å². The van der Waals surface area contributed by atoms with Gasteiger partial charge in [-0.3, -0.25) is 9.59 Å².